The minimum Gasteiger partial charge on any atom is -0.300 e. The van der Waals surface area contributed by atoms with E-state index in [-0.39, 0.29) is 11.2 Å². The summed E-state index contributed by atoms with van der Waals surface area (Å²) in [5, 5.41) is 0. The van der Waals surface area contributed by atoms with Crippen LogP contribution in [0.5, 0.6) is 0 Å². The lowest BCUT2D eigenvalue weighted by Gasteiger charge is -2.22. The van der Waals surface area contributed by atoms with Crippen LogP contribution in [-0.2, 0) is 9.59 Å². The van der Waals surface area contributed by atoms with Gasteiger partial charge in [0.05, 0.1) is 0 Å². The molecule has 0 aromatic heterocycles. The van der Waals surface area contributed by atoms with Gasteiger partial charge in [-0.1, -0.05) is 0 Å². The Hall–Kier alpha value is -0.660. The molecule has 2 unspecified atom stereocenters. The number of ketones is 2. The highest BCUT2D eigenvalue weighted by atomic mass is 16.1. The molecule has 2 atom stereocenters. The number of fused-ring (bicyclic) bond motifs is 2. The molecular formula is C10H14O2. The summed E-state index contributed by atoms with van der Waals surface area (Å²) in [5.41, 5.74) is -0.198. The van der Waals surface area contributed by atoms with Gasteiger partial charge in [0.15, 0.2) is 0 Å². The van der Waals surface area contributed by atoms with Crippen molar-refractivity contribution in [2.24, 2.45) is 11.3 Å². The fraction of sp³-hybridized carbons (Fsp3) is 0.800. The van der Waals surface area contributed by atoms with Crippen molar-refractivity contribution in [1.82, 2.24) is 0 Å². The number of carbonyl (C=O) groups is 2. The van der Waals surface area contributed by atoms with Gasteiger partial charge in [0.2, 0.25) is 0 Å². The molecule has 0 radical (unpaired) electrons. The molecule has 2 fully saturated rings. The van der Waals surface area contributed by atoms with Gasteiger partial charge in [-0.05, 0) is 32.1 Å². The number of hydrogen-bond acceptors (Lipinski definition) is 2. The molecule has 0 amide bonds. The molecule has 2 bridgehead atoms. The molecule has 2 saturated carbocycles. The first kappa shape index (κ1) is 7.96. The van der Waals surface area contributed by atoms with E-state index >= 15 is 0 Å². The molecule has 0 saturated heterocycles. The lowest BCUT2D eigenvalue weighted by Crippen LogP contribution is -2.27. The quantitative estimate of drug-likeness (QED) is 0.626. The smallest absolute Gasteiger partial charge is 0.139 e. The molecule has 12 heavy (non-hydrogen) atoms. The van der Waals surface area contributed by atoms with Crippen molar-refractivity contribution in [3.8, 4) is 0 Å². The molecule has 2 nitrogen and oxygen atoms in total. The van der Waals surface area contributed by atoms with Crippen LogP contribution in [0.4, 0.5) is 0 Å². The topological polar surface area (TPSA) is 34.1 Å². The van der Waals surface area contributed by atoms with E-state index in [9.17, 15) is 9.59 Å². The Kier molecular flexibility index (Phi) is 1.60. The van der Waals surface area contributed by atoms with Crippen molar-refractivity contribution in [3.63, 3.8) is 0 Å². The van der Waals surface area contributed by atoms with Crippen LogP contribution in [0.3, 0.4) is 0 Å². The van der Waals surface area contributed by atoms with Gasteiger partial charge in [-0.3, -0.25) is 9.59 Å². The van der Waals surface area contributed by atoms with E-state index in [0.717, 1.165) is 19.3 Å². The Morgan fingerprint density at radius 3 is 2.83 bits per heavy atom. The Balaban J connectivity index is 2.18. The largest absolute Gasteiger partial charge is 0.300 e. The second kappa shape index (κ2) is 2.41. The third-order valence-electron chi connectivity index (χ3n) is 3.36. The third-order valence-corrected chi connectivity index (χ3v) is 3.36. The van der Waals surface area contributed by atoms with Gasteiger partial charge in [-0.15, -0.1) is 0 Å². The van der Waals surface area contributed by atoms with Crippen molar-refractivity contribution in [1.29, 1.82) is 0 Å². The number of carbonyl (C=O) groups excluding carboxylic acids is 2. The summed E-state index contributed by atoms with van der Waals surface area (Å²) >= 11 is 0. The third kappa shape index (κ3) is 1.01. The van der Waals surface area contributed by atoms with E-state index in [1.165, 1.54) is 6.42 Å². The molecule has 0 heterocycles. The average molecular weight is 166 g/mol. The highest BCUT2D eigenvalue weighted by molar-refractivity contribution is 5.92. The minimum atomic E-state index is -0.198. The summed E-state index contributed by atoms with van der Waals surface area (Å²) in [6, 6.07) is 0. The maximum atomic E-state index is 11.5. The summed E-state index contributed by atoms with van der Waals surface area (Å²) in [4.78, 5) is 22.5. The van der Waals surface area contributed by atoms with Gasteiger partial charge in [0, 0.05) is 18.3 Å². The van der Waals surface area contributed by atoms with E-state index in [2.05, 4.69) is 0 Å². The molecule has 0 spiro atoms. The molecule has 0 aromatic carbocycles. The van der Waals surface area contributed by atoms with Crippen LogP contribution in [-0.4, -0.2) is 11.6 Å². The van der Waals surface area contributed by atoms with E-state index < -0.39 is 0 Å². The van der Waals surface area contributed by atoms with Gasteiger partial charge in [-0.25, -0.2) is 0 Å². The number of Topliss-reactive ketones (excluding diaryl/α,β-unsaturated/α-hetero) is 2. The van der Waals surface area contributed by atoms with Crippen LogP contribution < -0.4 is 0 Å². The zero-order valence-electron chi connectivity index (χ0n) is 7.43. The molecule has 2 aliphatic carbocycles. The fourth-order valence-electron chi connectivity index (χ4n) is 2.88. The Morgan fingerprint density at radius 2 is 2.42 bits per heavy atom. The molecule has 2 heteroatoms. The first-order chi connectivity index (χ1) is 5.62. The monoisotopic (exact) mass is 166 g/mol. The molecular weight excluding hydrogens is 152 g/mol. The van der Waals surface area contributed by atoms with Gasteiger partial charge in [0.1, 0.15) is 11.6 Å². The second-order valence-corrected chi connectivity index (χ2v) is 4.40. The van der Waals surface area contributed by atoms with Crippen LogP contribution in [0.1, 0.15) is 39.0 Å². The molecule has 66 valence electrons. The van der Waals surface area contributed by atoms with Crippen molar-refractivity contribution < 1.29 is 9.59 Å². The van der Waals surface area contributed by atoms with Crippen LogP contribution in [0.25, 0.3) is 0 Å². The lowest BCUT2D eigenvalue weighted by atomic mass is 9.79. The minimum absolute atomic E-state index is 0.172. The lowest BCUT2D eigenvalue weighted by molar-refractivity contribution is -0.131. The van der Waals surface area contributed by atoms with Crippen molar-refractivity contribution in [3.05, 3.63) is 0 Å². The first-order valence-electron chi connectivity index (χ1n) is 4.65. The zero-order chi connectivity index (χ0) is 8.77. The summed E-state index contributed by atoms with van der Waals surface area (Å²) in [6.45, 7) is 1.59. The van der Waals surface area contributed by atoms with Gasteiger partial charge < -0.3 is 0 Å². The standard InChI is InChI=1S/C10H14O2/c1-7(11)5-10-3-2-8(6-10)4-9(10)12/h8H,2-6H2,1H3. The predicted octanol–water partition coefficient (Wildman–Crippen LogP) is 1.72. The van der Waals surface area contributed by atoms with Crippen LogP contribution in [0.2, 0.25) is 0 Å². The van der Waals surface area contributed by atoms with Crippen molar-refractivity contribution in [2.45, 2.75) is 39.0 Å². The van der Waals surface area contributed by atoms with Crippen LogP contribution >= 0.6 is 0 Å². The fourth-order valence-corrected chi connectivity index (χ4v) is 2.88. The highest BCUT2D eigenvalue weighted by Gasteiger charge is 2.51. The van der Waals surface area contributed by atoms with E-state index in [4.69, 9.17) is 0 Å². The Morgan fingerprint density at radius 1 is 1.67 bits per heavy atom. The molecule has 2 aliphatic rings. The maximum Gasteiger partial charge on any atom is 0.139 e. The molecule has 0 aromatic rings. The van der Waals surface area contributed by atoms with Crippen molar-refractivity contribution >= 4 is 11.6 Å². The number of rotatable bonds is 2. The summed E-state index contributed by atoms with van der Waals surface area (Å²) < 4.78 is 0. The zero-order valence-corrected chi connectivity index (χ0v) is 7.43. The van der Waals surface area contributed by atoms with Gasteiger partial charge >= 0.3 is 0 Å². The van der Waals surface area contributed by atoms with E-state index in [1.807, 2.05) is 0 Å². The SMILES string of the molecule is CC(=O)CC12CCC(CC1=O)C2. The average Bonchev–Trinajstić information content (AvgIpc) is 2.42. The first-order valence-corrected chi connectivity index (χ1v) is 4.65. The molecule has 0 N–H and O–H groups in total. The normalized spacial score (nSPS) is 39.1. The van der Waals surface area contributed by atoms with Crippen molar-refractivity contribution in [2.75, 3.05) is 0 Å². The maximum absolute atomic E-state index is 11.5. The van der Waals surface area contributed by atoms with Crippen LogP contribution in [0, 0.1) is 11.3 Å². The summed E-state index contributed by atoms with van der Waals surface area (Å²) in [6.07, 6.45) is 4.37. The predicted molar refractivity (Wildman–Crippen MR) is 44.7 cm³/mol. The van der Waals surface area contributed by atoms with E-state index in [0.29, 0.717) is 18.1 Å². The molecule has 2 rings (SSSR count). The van der Waals surface area contributed by atoms with Gasteiger partial charge in [0.25, 0.3) is 0 Å². The Labute approximate surface area is 72.3 Å². The second-order valence-electron chi connectivity index (χ2n) is 4.40. The Bertz CT molecular complexity index is 244. The highest BCUT2D eigenvalue weighted by Crippen LogP contribution is 2.53. The van der Waals surface area contributed by atoms with E-state index in [1.54, 1.807) is 6.92 Å². The summed E-state index contributed by atoms with van der Waals surface area (Å²) in [7, 11) is 0. The molecule has 0 aliphatic heterocycles. The van der Waals surface area contributed by atoms with Crippen LogP contribution in [0.15, 0.2) is 0 Å². The van der Waals surface area contributed by atoms with Gasteiger partial charge in [-0.2, -0.15) is 0 Å². The summed E-state index contributed by atoms with van der Waals surface area (Å²) in [5.74, 6) is 1.14. The number of hydrogen-bond donors (Lipinski definition) is 0.